The zero-order valence-corrected chi connectivity index (χ0v) is 13.8. The van der Waals surface area contributed by atoms with E-state index >= 15 is 0 Å². The molecule has 0 saturated carbocycles. The van der Waals surface area contributed by atoms with Crippen LogP contribution >= 0.6 is 0 Å². The largest absolute Gasteiger partial charge is 0.355 e. The molecule has 1 unspecified atom stereocenters. The van der Waals surface area contributed by atoms with E-state index < -0.39 is 0 Å². The molecule has 2 heterocycles. The molecule has 1 atom stereocenters. The molecule has 0 bridgehead atoms. The maximum absolute atomic E-state index is 12.0. The third kappa shape index (κ3) is 4.51. The highest BCUT2D eigenvalue weighted by Gasteiger charge is 2.27. The number of rotatable bonds is 5. The second kappa shape index (κ2) is 7.19. The number of amides is 1. The van der Waals surface area contributed by atoms with E-state index in [9.17, 15) is 4.79 Å². The van der Waals surface area contributed by atoms with Gasteiger partial charge < -0.3 is 15.6 Å². The van der Waals surface area contributed by atoms with Crippen molar-refractivity contribution in [2.24, 2.45) is 11.7 Å². The lowest BCUT2D eigenvalue weighted by molar-refractivity contribution is -0.126. The second-order valence-electron chi connectivity index (χ2n) is 6.92. The molecule has 124 valence electrons. The van der Waals surface area contributed by atoms with Crippen LogP contribution in [0.5, 0.6) is 0 Å². The summed E-state index contributed by atoms with van der Waals surface area (Å²) in [4.78, 5) is 18.7. The van der Waals surface area contributed by atoms with Crippen LogP contribution in [0.2, 0.25) is 0 Å². The molecule has 0 aromatic carbocycles. The predicted octanol–water partition coefficient (Wildman–Crippen LogP) is 0.654. The van der Waals surface area contributed by atoms with E-state index in [0.717, 1.165) is 25.9 Å². The normalized spacial score (nSPS) is 20.1. The van der Waals surface area contributed by atoms with Gasteiger partial charge in [0.15, 0.2) is 5.82 Å². The highest BCUT2D eigenvalue weighted by Crippen LogP contribution is 2.21. The van der Waals surface area contributed by atoms with Gasteiger partial charge >= 0.3 is 0 Å². The lowest BCUT2D eigenvalue weighted by Gasteiger charge is -2.31. The van der Waals surface area contributed by atoms with Crippen LogP contribution in [-0.4, -0.2) is 47.1 Å². The summed E-state index contributed by atoms with van der Waals surface area (Å²) < 4.78 is 5.32. The van der Waals surface area contributed by atoms with Crippen molar-refractivity contribution in [2.45, 2.75) is 45.6 Å². The molecule has 0 radical (unpaired) electrons. The van der Waals surface area contributed by atoms with Gasteiger partial charge in [-0.2, -0.15) is 4.98 Å². The van der Waals surface area contributed by atoms with E-state index in [-0.39, 0.29) is 17.2 Å². The first-order valence-corrected chi connectivity index (χ1v) is 7.93. The summed E-state index contributed by atoms with van der Waals surface area (Å²) in [5, 5.41) is 6.92. The minimum absolute atomic E-state index is 0.0225. The van der Waals surface area contributed by atoms with Crippen LogP contribution in [0.1, 0.15) is 45.3 Å². The summed E-state index contributed by atoms with van der Waals surface area (Å²) in [5.41, 5.74) is 5.28. The van der Waals surface area contributed by atoms with Crippen LogP contribution in [0.3, 0.4) is 0 Å². The van der Waals surface area contributed by atoms with Gasteiger partial charge in [0.05, 0.1) is 12.5 Å². The second-order valence-corrected chi connectivity index (χ2v) is 6.92. The zero-order valence-electron chi connectivity index (χ0n) is 13.8. The van der Waals surface area contributed by atoms with Gasteiger partial charge in [0.25, 0.3) is 0 Å². The van der Waals surface area contributed by atoms with Gasteiger partial charge in [-0.15, -0.1) is 0 Å². The van der Waals surface area contributed by atoms with Crippen LogP contribution in [-0.2, 0) is 16.8 Å². The molecule has 7 heteroatoms. The predicted molar refractivity (Wildman–Crippen MR) is 83.1 cm³/mol. The maximum atomic E-state index is 12.0. The van der Waals surface area contributed by atoms with Gasteiger partial charge in [0.1, 0.15) is 0 Å². The average Bonchev–Trinajstić information content (AvgIpc) is 2.93. The molecule has 1 fully saturated rings. The van der Waals surface area contributed by atoms with Gasteiger partial charge in [0, 0.05) is 25.0 Å². The standard InChI is InChI=1S/C15H27N5O2/c1-15(2,3)14-18-12(19-22-14)10-20-8-4-5-11(9-20)13(21)17-7-6-16/h11H,4-10,16H2,1-3H3,(H,17,21). The van der Waals surface area contributed by atoms with E-state index in [0.29, 0.717) is 31.3 Å². The fourth-order valence-electron chi connectivity index (χ4n) is 2.58. The first-order valence-electron chi connectivity index (χ1n) is 7.93. The number of carbonyl (C=O) groups excluding carboxylic acids is 1. The van der Waals surface area contributed by atoms with Crippen LogP contribution in [0.25, 0.3) is 0 Å². The SMILES string of the molecule is CC(C)(C)c1nc(CN2CCCC(C(=O)NCCN)C2)no1. The Balaban J connectivity index is 1.90. The van der Waals surface area contributed by atoms with Crippen LogP contribution in [0.4, 0.5) is 0 Å². The van der Waals surface area contributed by atoms with E-state index in [1.54, 1.807) is 0 Å². The van der Waals surface area contributed by atoms with E-state index in [1.165, 1.54) is 0 Å². The van der Waals surface area contributed by atoms with Gasteiger partial charge in [-0.1, -0.05) is 25.9 Å². The van der Waals surface area contributed by atoms with Crippen molar-refractivity contribution < 1.29 is 9.32 Å². The summed E-state index contributed by atoms with van der Waals surface area (Å²) >= 11 is 0. The minimum Gasteiger partial charge on any atom is -0.355 e. The molecule has 22 heavy (non-hydrogen) atoms. The van der Waals surface area contributed by atoms with E-state index in [2.05, 4.69) is 20.4 Å². The number of piperidine rings is 1. The Bertz CT molecular complexity index is 494. The molecule has 1 aliphatic heterocycles. The lowest BCUT2D eigenvalue weighted by atomic mass is 9.97. The summed E-state index contributed by atoms with van der Waals surface area (Å²) in [7, 11) is 0. The smallest absolute Gasteiger partial charge is 0.232 e. The number of carbonyl (C=O) groups is 1. The first-order chi connectivity index (χ1) is 10.4. The van der Waals surface area contributed by atoms with Gasteiger partial charge in [-0.3, -0.25) is 9.69 Å². The van der Waals surface area contributed by atoms with Crippen LogP contribution in [0, 0.1) is 5.92 Å². The zero-order chi connectivity index (χ0) is 16.2. The quantitative estimate of drug-likeness (QED) is 0.829. The molecule has 0 aliphatic carbocycles. The number of nitrogens with one attached hydrogen (secondary N) is 1. The van der Waals surface area contributed by atoms with Crippen molar-refractivity contribution in [2.75, 3.05) is 26.2 Å². The highest BCUT2D eigenvalue weighted by molar-refractivity contribution is 5.78. The maximum Gasteiger partial charge on any atom is 0.232 e. The Hall–Kier alpha value is -1.47. The van der Waals surface area contributed by atoms with Gasteiger partial charge in [0.2, 0.25) is 11.8 Å². The van der Waals surface area contributed by atoms with Crippen molar-refractivity contribution in [3.05, 3.63) is 11.7 Å². The number of aromatic nitrogens is 2. The Kier molecular flexibility index (Phi) is 5.52. The van der Waals surface area contributed by atoms with E-state index in [4.69, 9.17) is 10.3 Å². The first kappa shape index (κ1) is 16.9. The molecule has 1 aliphatic rings. The molecular weight excluding hydrogens is 282 g/mol. The Morgan fingerprint density at radius 1 is 1.50 bits per heavy atom. The monoisotopic (exact) mass is 309 g/mol. The number of hydrogen-bond donors (Lipinski definition) is 2. The fourth-order valence-corrected chi connectivity index (χ4v) is 2.58. The number of nitrogens with zero attached hydrogens (tertiary/aromatic N) is 3. The van der Waals surface area contributed by atoms with Crippen molar-refractivity contribution in [3.8, 4) is 0 Å². The van der Waals surface area contributed by atoms with Gasteiger partial charge in [-0.25, -0.2) is 0 Å². The minimum atomic E-state index is -0.141. The highest BCUT2D eigenvalue weighted by atomic mass is 16.5. The molecule has 0 spiro atoms. The number of hydrogen-bond acceptors (Lipinski definition) is 6. The fraction of sp³-hybridized carbons (Fsp3) is 0.800. The molecule has 1 aromatic heterocycles. The van der Waals surface area contributed by atoms with Gasteiger partial charge in [-0.05, 0) is 19.4 Å². The topological polar surface area (TPSA) is 97.3 Å². The molecular formula is C15H27N5O2. The van der Waals surface area contributed by atoms with Crippen molar-refractivity contribution in [1.82, 2.24) is 20.4 Å². The Labute approximate surface area is 131 Å². The summed E-state index contributed by atoms with van der Waals surface area (Å²) in [6.07, 6.45) is 1.93. The summed E-state index contributed by atoms with van der Waals surface area (Å²) in [6.45, 7) is 9.46. The molecule has 1 amide bonds. The van der Waals surface area contributed by atoms with Crippen molar-refractivity contribution in [3.63, 3.8) is 0 Å². The summed E-state index contributed by atoms with van der Waals surface area (Å²) in [6, 6.07) is 0. The Morgan fingerprint density at radius 2 is 2.27 bits per heavy atom. The summed E-state index contributed by atoms with van der Waals surface area (Å²) in [5.74, 6) is 1.46. The molecule has 3 N–H and O–H groups in total. The number of nitrogens with two attached hydrogens (primary N) is 1. The average molecular weight is 309 g/mol. The number of likely N-dealkylation sites (tertiary alicyclic amines) is 1. The van der Waals surface area contributed by atoms with Crippen LogP contribution < -0.4 is 11.1 Å². The van der Waals surface area contributed by atoms with Crippen molar-refractivity contribution in [1.29, 1.82) is 0 Å². The third-order valence-corrected chi connectivity index (χ3v) is 3.79. The lowest BCUT2D eigenvalue weighted by Crippen LogP contribution is -2.43. The van der Waals surface area contributed by atoms with E-state index in [1.807, 2.05) is 20.8 Å². The van der Waals surface area contributed by atoms with Crippen molar-refractivity contribution >= 4 is 5.91 Å². The van der Waals surface area contributed by atoms with Crippen LogP contribution in [0.15, 0.2) is 4.52 Å². The Morgan fingerprint density at radius 3 is 2.91 bits per heavy atom. The third-order valence-electron chi connectivity index (χ3n) is 3.79. The molecule has 1 saturated heterocycles. The molecule has 1 aromatic rings. The molecule has 2 rings (SSSR count). The molecule has 7 nitrogen and oxygen atoms in total.